The Morgan fingerprint density at radius 3 is 1.21 bits per heavy atom. The Morgan fingerprint density at radius 1 is 0.857 bits per heavy atom. The molecule has 14 heavy (non-hydrogen) atoms. The molecule has 0 atom stereocenters. The summed E-state index contributed by atoms with van der Waals surface area (Å²) in [5.74, 6) is -1.63. The van der Waals surface area contributed by atoms with Gasteiger partial charge in [-0.25, -0.2) is 0 Å². The van der Waals surface area contributed by atoms with Gasteiger partial charge in [0.2, 0.25) is 0 Å². The first-order chi connectivity index (χ1) is 6.30. The predicted molar refractivity (Wildman–Crippen MR) is 50.0 cm³/mol. The summed E-state index contributed by atoms with van der Waals surface area (Å²) in [6.07, 6.45) is 1.80. The van der Waals surface area contributed by atoms with E-state index in [1.807, 2.05) is 0 Å². The number of aliphatic carboxylic acids is 2. The zero-order valence-electron chi connectivity index (χ0n) is 8.54. The molecule has 80 valence electrons. The Bertz CT molecular complexity index is 233. The molecule has 1 aliphatic carbocycles. The number of hydrogen-bond donors (Lipinski definition) is 2. The maximum atomic E-state index is 10.9. The van der Waals surface area contributed by atoms with Gasteiger partial charge in [-0.15, -0.1) is 0 Å². The lowest BCUT2D eigenvalue weighted by Crippen LogP contribution is -2.39. The number of carbonyl (C=O) groups is 2. The van der Waals surface area contributed by atoms with Crippen molar-refractivity contribution in [3.8, 4) is 0 Å². The molecule has 0 spiro atoms. The van der Waals surface area contributed by atoms with Crippen molar-refractivity contribution in [1.29, 1.82) is 0 Å². The van der Waals surface area contributed by atoms with Crippen LogP contribution in [-0.4, -0.2) is 22.2 Å². The maximum absolute atomic E-state index is 10.9. The first-order valence-corrected chi connectivity index (χ1v) is 4.77. The summed E-state index contributed by atoms with van der Waals surface area (Å²) >= 11 is 0. The molecule has 1 aliphatic rings. The van der Waals surface area contributed by atoms with Gasteiger partial charge in [0.25, 0.3) is 0 Å². The van der Waals surface area contributed by atoms with E-state index in [1.54, 1.807) is 13.8 Å². The monoisotopic (exact) mass is 200 g/mol. The molecule has 1 rings (SSSR count). The van der Waals surface area contributed by atoms with Gasteiger partial charge in [-0.1, -0.05) is 0 Å². The van der Waals surface area contributed by atoms with E-state index in [4.69, 9.17) is 10.2 Å². The van der Waals surface area contributed by atoms with Crippen LogP contribution in [0.5, 0.6) is 0 Å². The summed E-state index contributed by atoms with van der Waals surface area (Å²) < 4.78 is 0. The van der Waals surface area contributed by atoms with Gasteiger partial charge < -0.3 is 10.2 Å². The van der Waals surface area contributed by atoms with Gasteiger partial charge in [-0.05, 0) is 39.5 Å². The Morgan fingerprint density at radius 2 is 1.07 bits per heavy atom. The Labute approximate surface area is 82.9 Å². The molecule has 0 amide bonds. The van der Waals surface area contributed by atoms with E-state index in [0.717, 1.165) is 0 Å². The lowest BCUT2D eigenvalue weighted by molar-refractivity contribution is -0.159. The highest BCUT2D eigenvalue weighted by atomic mass is 16.4. The molecule has 0 bridgehead atoms. The lowest BCUT2D eigenvalue weighted by Gasteiger charge is -2.38. The van der Waals surface area contributed by atoms with Gasteiger partial charge in [0, 0.05) is 0 Å². The second-order valence-electron chi connectivity index (χ2n) is 4.73. The Balaban J connectivity index is 2.71. The lowest BCUT2D eigenvalue weighted by atomic mass is 9.65. The van der Waals surface area contributed by atoms with Crippen molar-refractivity contribution in [2.45, 2.75) is 39.5 Å². The largest absolute Gasteiger partial charge is 0.481 e. The van der Waals surface area contributed by atoms with Gasteiger partial charge in [0.1, 0.15) is 0 Å². The predicted octanol–water partition coefficient (Wildman–Crippen LogP) is 1.74. The molecule has 0 saturated heterocycles. The Kier molecular flexibility index (Phi) is 2.56. The normalized spacial score (nSPS) is 37.9. The molecule has 0 radical (unpaired) electrons. The second-order valence-corrected chi connectivity index (χ2v) is 4.73. The molecule has 0 aromatic heterocycles. The number of hydrogen-bond acceptors (Lipinski definition) is 2. The molecule has 2 N–H and O–H groups in total. The fourth-order valence-electron chi connectivity index (χ4n) is 1.78. The fourth-order valence-corrected chi connectivity index (χ4v) is 1.78. The van der Waals surface area contributed by atoms with E-state index in [0.29, 0.717) is 25.7 Å². The van der Waals surface area contributed by atoms with Crippen molar-refractivity contribution in [2.24, 2.45) is 10.8 Å². The summed E-state index contributed by atoms with van der Waals surface area (Å²) in [5.41, 5.74) is -1.45. The minimum absolute atomic E-state index is 0.450. The van der Waals surface area contributed by atoms with Crippen molar-refractivity contribution in [1.82, 2.24) is 0 Å². The van der Waals surface area contributed by atoms with Crippen LogP contribution in [0, 0.1) is 10.8 Å². The number of rotatable bonds is 2. The van der Waals surface area contributed by atoms with Crippen LogP contribution in [0.3, 0.4) is 0 Å². The van der Waals surface area contributed by atoms with Gasteiger partial charge in [-0.2, -0.15) is 0 Å². The van der Waals surface area contributed by atoms with Gasteiger partial charge in [0.15, 0.2) is 0 Å². The molecule has 0 aromatic carbocycles. The molecule has 4 nitrogen and oxygen atoms in total. The molecule has 4 heteroatoms. The van der Waals surface area contributed by atoms with E-state index in [1.165, 1.54) is 0 Å². The zero-order valence-corrected chi connectivity index (χ0v) is 8.54. The van der Waals surface area contributed by atoms with Crippen LogP contribution in [0.15, 0.2) is 0 Å². The Hall–Kier alpha value is -1.06. The zero-order chi connectivity index (χ0) is 11.0. The molecule has 1 saturated carbocycles. The quantitative estimate of drug-likeness (QED) is 0.712. The summed E-state index contributed by atoms with van der Waals surface area (Å²) in [6.45, 7) is 3.38. The number of carboxylic acids is 2. The molecule has 0 heterocycles. The first-order valence-electron chi connectivity index (χ1n) is 4.77. The van der Waals surface area contributed by atoms with Crippen LogP contribution < -0.4 is 0 Å². The van der Waals surface area contributed by atoms with Crippen LogP contribution >= 0.6 is 0 Å². The SMILES string of the molecule is CC1(C(=O)O)CCC(C)(C(=O)O)CC1. The topological polar surface area (TPSA) is 74.6 Å². The van der Waals surface area contributed by atoms with Crippen LogP contribution in [0.2, 0.25) is 0 Å². The highest BCUT2D eigenvalue weighted by Crippen LogP contribution is 2.45. The van der Waals surface area contributed by atoms with E-state index >= 15 is 0 Å². The maximum Gasteiger partial charge on any atom is 0.309 e. The van der Waals surface area contributed by atoms with Crippen molar-refractivity contribution >= 4 is 11.9 Å². The number of carboxylic acid groups (broad SMARTS) is 2. The summed E-state index contributed by atoms with van der Waals surface area (Å²) in [4.78, 5) is 21.8. The van der Waals surface area contributed by atoms with E-state index < -0.39 is 22.8 Å². The van der Waals surface area contributed by atoms with Crippen LogP contribution in [0.4, 0.5) is 0 Å². The third-order valence-corrected chi connectivity index (χ3v) is 3.49. The highest BCUT2D eigenvalue weighted by Gasteiger charge is 2.45. The summed E-state index contributed by atoms with van der Waals surface area (Å²) in [5, 5.41) is 17.9. The smallest absolute Gasteiger partial charge is 0.309 e. The first kappa shape index (κ1) is 11.0. The second kappa shape index (κ2) is 3.26. The average Bonchev–Trinajstić information content (AvgIpc) is 2.10. The molecular weight excluding hydrogens is 184 g/mol. The molecular formula is C10H16O4. The molecule has 0 aromatic rings. The minimum atomic E-state index is -0.815. The summed E-state index contributed by atoms with van der Waals surface area (Å²) in [7, 11) is 0. The van der Waals surface area contributed by atoms with Gasteiger partial charge in [-0.3, -0.25) is 9.59 Å². The van der Waals surface area contributed by atoms with Gasteiger partial charge >= 0.3 is 11.9 Å². The van der Waals surface area contributed by atoms with Crippen molar-refractivity contribution in [3.63, 3.8) is 0 Å². The molecule has 0 unspecified atom stereocenters. The fraction of sp³-hybridized carbons (Fsp3) is 0.800. The van der Waals surface area contributed by atoms with Crippen LogP contribution in [0.1, 0.15) is 39.5 Å². The van der Waals surface area contributed by atoms with E-state index in [9.17, 15) is 9.59 Å². The van der Waals surface area contributed by atoms with Crippen molar-refractivity contribution in [3.05, 3.63) is 0 Å². The minimum Gasteiger partial charge on any atom is -0.481 e. The third-order valence-electron chi connectivity index (χ3n) is 3.49. The van der Waals surface area contributed by atoms with Gasteiger partial charge in [0.05, 0.1) is 10.8 Å². The molecule has 0 aliphatic heterocycles. The van der Waals surface area contributed by atoms with Crippen molar-refractivity contribution < 1.29 is 19.8 Å². The van der Waals surface area contributed by atoms with Crippen molar-refractivity contribution in [2.75, 3.05) is 0 Å². The van der Waals surface area contributed by atoms with E-state index in [-0.39, 0.29) is 0 Å². The standard InChI is InChI=1S/C10H16O4/c1-9(7(11)12)3-5-10(2,6-4-9)8(13)14/h3-6H2,1-2H3,(H,11,12)(H,13,14). The molecule has 1 fully saturated rings. The summed E-state index contributed by atoms with van der Waals surface area (Å²) in [6, 6.07) is 0. The highest BCUT2D eigenvalue weighted by molar-refractivity contribution is 5.77. The van der Waals surface area contributed by atoms with Crippen LogP contribution in [0.25, 0.3) is 0 Å². The van der Waals surface area contributed by atoms with E-state index in [2.05, 4.69) is 0 Å². The third kappa shape index (κ3) is 1.74. The average molecular weight is 200 g/mol. The van der Waals surface area contributed by atoms with Crippen LogP contribution in [-0.2, 0) is 9.59 Å².